The molecule has 0 aliphatic heterocycles. The van der Waals surface area contributed by atoms with Gasteiger partial charge >= 0.3 is 0 Å². The van der Waals surface area contributed by atoms with E-state index < -0.39 is 6.10 Å². The molecule has 0 amide bonds. The smallest absolute Gasteiger partial charge is 0.142 e. The molecule has 96 valence electrons. The highest BCUT2D eigenvalue weighted by Gasteiger charge is 2.14. The Bertz CT molecular complexity index is 499. The van der Waals surface area contributed by atoms with Gasteiger partial charge in [-0.25, -0.2) is 4.98 Å². The van der Waals surface area contributed by atoms with Gasteiger partial charge in [-0.1, -0.05) is 38.1 Å². The molecule has 3 heteroatoms. The van der Waals surface area contributed by atoms with Gasteiger partial charge in [0, 0.05) is 19.4 Å². The Morgan fingerprint density at radius 3 is 2.39 bits per heavy atom. The van der Waals surface area contributed by atoms with E-state index in [1.807, 2.05) is 29.9 Å². The number of aliphatic hydroxyl groups excluding tert-OH is 1. The van der Waals surface area contributed by atoms with Crippen LogP contribution in [0.15, 0.2) is 36.7 Å². The van der Waals surface area contributed by atoms with Crippen molar-refractivity contribution in [2.75, 3.05) is 0 Å². The van der Waals surface area contributed by atoms with E-state index in [1.165, 1.54) is 5.56 Å². The largest absolute Gasteiger partial charge is 0.380 e. The van der Waals surface area contributed by atoms with Gasteiger partial charge in [-0.2, -0.15) is 0 Å². The number of aliphatic hydroxyl groups is 1. The Morgan fingerprint density at radius 1 is 1.22 bits per heavy atom. The summed E-state index contributed by atoms with van der Waals surface area (Å²) in [4.78, 5) is 4.18. The summed E-state index contributed by atoms with van der Waals surface area (Å²) in [6.07, 6.45) is 3.95. The second kappa shape index (κ2) is 5.36. The summed E-state index contributed by atoms with van der Waals surface area (Å²) in [5.41, 5.74) is 2.19. The maximum Gasteiger partial charge on any atom is 0.142 e. The van der Waals surface area contributed by atoms with Crippen molar-refractivity contribution < 1.29 is 5.11 Å². The Morgan fingerprint density at radius 2 is 1.89 bits per heavy atom. The Kier molecular flexibility index (Phi) is 3.82. The van der Waals surface area contributed by atoms with Crippen molar-refractivity contribution in [3.8, 4) is 0 Å². The molecule has 2 aromatic rings. The van der Waals surface area contributed by atoms with E-state index in [0.717, 1.165) is 12.0 Å². The van der Waals surface area contributed by atoms with Gasteiger partial charge in [0.15, 0.2) is 0 Å². The summed E-state index contributed by atoms with van der Waals surface area (Å²) >= 11 is 0. The zero-order chi connectivity index (χ0) is 13.1. The van der Waals surface area contributed by atoms with Crippen LogP contribution in [-0.2, 0) is 13.5 Å². The number of rotatable bonds is 4. The second-order valence-electron chi connectivity index (χ2n) is 5.14. The van der Waals surface area contributed by atoms with Gasteiger partial charge in [0.2, 0.25) is 0 Å². The molecule has 0 bridgehead atoms. The average molecular weight is 244 g/mol. The number of benzene rings is 1. The quantitative estimate of drug-likeness (QED) is 0.898. The molecule has 18 heavy (non-hydrogen) atoms. The summed E-state index contributed by atoms with van der Waals surface area (Å²) in [5.74, 6) is 1.32. The van der Waals surface area contributed by atoms with E-state index in [0.29, 0.717) is 11.7 Å². The lowest BCUT2D eigenvalue weighted by Gasteiger charge is -2.12. The van der Waals surface area contributed by atoms with E-state index >= 15 is 0 Å². The molecule has 1 aromatic carbocycles. The van der Waals surface area contributed by atoms with Gasteiger partial charge < -0.3 is 9.67 Å². The first-order valence-corrected chi connectivity index (χ1v) is 6.32. The summed E-state index contributed by atoms with van der Waals surface area (Å²) in [6.45, 7) is 4.41. The van der Waals surface area contributed by atoms with Crippen molar-refractivity contribution >= 4 is 0 Å². The zero-order valence-corrected chi connectivity index (χ0v) is 11.2. The first kappa shape index (κ1) is 12.8. The summed E-state index contributed by atoms with van der Waals surface area (Å²) < 4.78 is 1.84. The second-order valence-corrected chi connectivity index (χ2v) is 5.14. The summed E-state index contributed by atoms with van der Waals surface area (Å²) in [6, 6.07) is 8.14. The maximum atomic E-state index is 10.3. The molecule has 2 rings (SSSR count). The van der Waals surface area contributed by atoms with Gasteiger partial charge in [-0.3, -0.25) is 0 Å². The molecule has 1 atom stereocenters. The molecule has 0 radical (unpaired) electrons. The maximum absolute atomic E-state index is 10.3. The number of aryl methyl sites for hydroxylation is 1. The van der Waals surface area contributed by atoms with E-state index in [9.17, 15) is 5.11 Å². The number of hydrogen-bond acceptors (Lipinski definition) is 2. The van der Waals surface area contributed by atoms with Gasteiger partial charge in [-0.05, 0) is 23.5 Å². The molecule has 1 unspecified atom stereocenters. The zero-order valence-electron chi connectivity index (χ0n) is 11.2. The fraction of sp³-hybridized carbons (Fsp3) is 0.400. The number of aromatic nitrogens is 2. The topological polar surface area (TPSA) is 38.1 Å². The van der Waals surface area contributed by atoms with Crippen molar-refractivity contribution in [1.82, 2.24) is 9.55 Å². The van der Waals surface area contributed by atoms with E-state index in [1.54, 1.807) is 6.20 Å². The van der Waals surface area contributed by atoms with Gasteiger partial charge in [-0.15, -0.1) is 0 Å². The van der Waals surface area contributed by atoms with Crippen LogP contribution in [0.2, 0.25) is 0 Å². The molecule has 0 saturated carbocycles. The third-order valence-electron chi connectivity index (χ3n) is 3.04. The van der Waals surface area contributed by atoms with Gasteiger partial charge in [0.05, 0.1) is 0 Å². The van der Waals surface area contributed by atoms with Crippen LogP contribution >= 0.6 is 0 Å². The molecule has 1 N–H and O–H groups in total. The minimum atomic E-state index is -0.655. The van der Waals surface area contributed by atoms with Crippen LogP contribution in [0.1, 0.15) is 36.9 Å². The standard InChI is InChI=1S/C15H20N2O/c1-11(2)10-12-4-6-13(7-5-12)14(18)15-16-8-9-17(15)3/h4-9,11,14,18H,10H2,1-3H3. The highest BCUT2D eigenvalue weighted by atomic mass is 16.3. The van der Waals surface area contributed by atoms with Crippen LogP contribution < -0.4 is 0 Å². The first-order valence-electron chi connectivity index (χ1n) is 6.32. The van der Waals surface area contributed by atoms with Crippen LogP contribution in [0.3, 0.4) is 0 Å². The molecule has 0 fully saturated rings. The molecular weight excluding hydrogens is 224 g/mol. The molecule has 1 heterocycles. The number of hydrogen-bond donors (Lipinski definition) is 1. The van der Waals surface area contributed by atoms with E-state index in [2.05, 4.69) is 31.0 Å². The molecular formula is C15H20N2O. The van der Waals surface area contributed by atoms with Crippen molar-refractivity contribution in [2.24, 2.45) is 13.0 Å². The van der Waals surface area contributed by atoms with Gasteiger partial charge in [0.1, 0.15) is 11.9 Å². The first-order chi connectivity index (χ1) is 8.58. The van der Waals surface area contributed by atoms with Crippen LogP contribution in [0.5, 0.6) is 0 Å². The minimum absolute atomic E-state index is 0.648. The van der Waals surface area contributed by atoms with Crippen molar-refractivity contribution in [3.05, 3.63) is 53.6 Å². The molecule has 0 aliphatic carbocycles. The van der Waals surface area contributed by atoms with E-state index in [4.69, 9.17) is 0 Å². The van der Waals surface area contributed by atoms with Crippen LogP contribution in [-0.4, -0.2) is 14.7 Å². The Hall–Kier alpha value is -1.61. The van der Waals surface area contributed by atoms with Crippen LogP contribution in [0.4, 0.5) is 0 Å². The predicted molar refractivity (Wildman–Crippen MR) is 72.3 cm³/mol. The fourth-order valence-corrected chi connectivity index (χ4v) is 2.10. The molecule has 3 nitrogen and oxygen atoms in total. The molecule has 1 aromatic heterocycles. The third kappa shape index (κ3) is 2.79. The summed E-state index contributed by atoms with van der Waals surface area (Å²) in [5, 5.41) is 10.3. The number of nitrogens with zero attached hydrogens (tertiary/aromatic N) is 2. The molecule has 0 spiro atoms. The fourth-order valence-electron chi connectivity index (χ4n) is 2.10. The van der Waals surface area contributed by atoms with Crippen molar-refractivity contribution in [2.45, 2.75) is 26.4 Å². The average Bonchev–Trinajstić information content (AvgIpc) is 2.75. The highest BCUT2D eigenvalue weighted by molar-refractivity contribution is 5.27. The predicted octanol–water partition coefficient (Wildman–Crippen LogP) is 2.70. The Balaban J connectivity index is 2.17. The molecule has 0 aliphatic rings. The SMILES string of the molecule is CC(C)Cc1ccc(C(O)c2nccn2C)cc1. The van der Waals surface area contributed by atoms with Crippen LogP contribution in [0.25, 0.3) is 0 Å². The number of imidazole rings is 1. The van der Waals surface area contributed by atoms with Crippen molar-refractivity contribution in [3.63, 3.8) is 0 Å². The van der Waals surface area contributed by atoms with E-state index in [-0.39, 0.29) is 0 Å². The third-order valence-corrected chi connectivity index (χ3v) is 3.04. The molecule has 0 saturated heterocycles. The summed E-state index contributed by atoms with van der Waals surface area (Å²) in [7, 11) is 1.89. The monoisotopic (exact) mass is 244 g/mol. The Labute approximate surface area is 108 Å². The lowest BCUT2D eigenvalue weighted by molar-refractivity contribution is 0.206. The van der Waals surface area contributed by atoms with Crippen molar-refractivity contribution in [1.29, 1.82) is 0 Å². The lowest BCUT2D eigenvalue weighted by Crippen LogP contribution is -2.07. The normalized spacial score (nSPS) is 12.9. The van der Waals surface area contributed by atoms with Crippen LogP contribution in [0, 0.1) is 5.92 Å². The highest BCUT2D eigenvalue weighted by Crippen LogP contribution is 2.21. The lowest BCUT2D eigenvalue weighted by atomic mass is 10.00. The van der Waals surface area contributed by atoms with Gasteiger partial charge in [0.25, 0.3) is 0 Å². The minimum Gasteiger partial charge on any atom is -0.380 e.